The van der Waals surface area contributed by atoms with Gasteiger partial charge in [-0.15, -0.1) is 0 Å². The van der Waals surface area contributed by atoms with Crippen LogP contribution < -0.4 is 20.5 Å². The SMILES string of the molecule is COCCOc1ccc(C2(N)CNC(=O)N2CCc2ccc(OC)cc2)cc1. The topological polar surface area (TPSA) is 86.1 Å². The van der Waals surface area contributed by atoms with Crippen LogP contribution in [0.4, 0.5) is 4.79 Å². The molecule has 2 aromatic rings. The van der Waals surface area contributed by atoms with Crippen molar-refractivity contribution < 1.29 is 19.0 Å². The Kier molecular flexibility index (Phi) is 6.38. The number of urea groups is 1. The van der Waals surface area contributed by atoms with E-state index in [-0.39, 0.29) is 6.03 Å². The molecule has 0 spiro atoms. The van der Waals surface area contributed by atoms with E-state index in [1.165, 1.54) is 0 Å². The maximum Gasteiger partial charge on any atom is 0.319 e. The molecule has 2 aromatic carbocycles. The van der Waals surface area contributed by atoms with Crippen LogP contribution in [0.3, 0.4) is 0 Å². The number of methoxy groups -OCH3 is 2. The number of hydrogen-bond donors (Lipinski definition) is 2. The number of amides is 2. The van der Waals surface area contributed by atoms with Gasteiger partial charge in [-0.3, -0.25) is 0 Å². The molecule has 7 nitrogen and oxygen atoms in total. The van der Waals surface area contributed by atoms with Crippen LogP contribution in [0, 0.1) is 0 Å². The van der Waals surface area contributed by atoms with Crippen molar-refractivity contribution in [1.29, 1.82) is 0 Å². The lowest BCUT2D eigenvalue weighted by atomic mass is 9.99. The smallest absolute Gasteiger partial charge is 0.319 e. The summed E-state index contributed by atoms with van der Waals surface area (Å²) in [4.78, 5) is 14.1. The number of nitrogens with one attached hydrogen (secondary N) is 1. The van der Waals surface area contributed by atoms with E-state index < -0.39 is 5.66 Å². The lowest BCUT2D eigenvalue weighted by Gasteiger charge is -2.34. The first-order chi connectivity index (χ1) is 13.6. The number of hydrogen-bond acceptors (Lipinski definition) is 5. The average molecular weight is 385 g/mol. The molecule has 3 rings (SSSR count). The summed E-state index contributed by atoms with van der Waals surface area (Å²) < 4.78 is 15.8. The standard InChI is InChI=1S/C21H27N3O4/c1-26-13-14-28-19-9-5-17(6-10-19)21(22)15-23-20(25)24(21)12-11-16-3-7-18(27-2)8-4-16/h3-10H,11-15,22H2,1-2H3,(H,23,25). The van der Waals surface area contributed by atoms with Crippen LogP contribution in [0.2, 0.25) is 0 Å². The van der Waals surface area contributed by atoms with Crippen LogP contribution in [0.5, 0.6) is 11.5 Å². The summed E-state index contributed by atoms with van der Waals surface area (Å²) in [7, 11) is 3.27. The number of carbonyl (C=O) groups excluding carboxylic acids is 1. The van der Waals surface area contributed by atoms with E-state index in [1.807, 2.05) is 48.5 Å². The summed E-state index contributed by atoms with van der Waals surface area (Å²) in [5.41, 5.74) is 7.74. The summed E-state index contributed by atoms with van der Waals surface area (Å²) in [6, 6.07) is 15.2. The van der Waals surface area contributed by atoms with Crippen LogP contribution >= 0.6 is 0 Å². The van der Waals surface area contributed by atoms with E-state index in [4.69, 9.17) is 19.9 Å². The Morgan fingerprint density at radius 3 is 2.36 bits per heavy atom. The van der Waals surface area contributed by atoms with E-state index in [0.29, 0.717) is 32.7 Å². The summed E-state index contributed by atoms with van der Waals surface area (Å²) >= 11 is 0. The summed E-state index contributed by atoms with van der Waals surface area (Å²) in [5.74, 6) is 1.55. The molecule has 0 aromatic heterocycles. The molecule has 1 saturated heterocycles. The fourth-order valence-corrected chi connectivity index (χ4v) is 3.26. The Balaban J connectivity index is 1.68. The molecule has 28 heavy (non-hydrogen) atoms. The molecule has 0 bridgehead atoms. The van der Waals surface area contributed by atoms with Crippen LogP contribution in [-0.4, -0.2) is 51.5 Å². The van der Waals surface area contributed by atoms with E-state index in [1.54, 1.807) is 19.1 Å². The van der Waals surface area contributed by atoms with Gasteiger partial charge >= 0.3 is 6.03 Å². The third kappa shape index (κ3) is 4.37. The predicted octanol–water partition coefficient (Wildman–Crippen LogP) is 2.10. The molecule has 1 unspecified atom stereocenters. The lowest BCUT2D eigenvalue weighted by Crippen LogP contribution is -2.52. The molecule has 0 aliphatic carbocycles. The highest BCUT2D eigenvalue weighted by atomic mass is 16.5. The number of rotatable bonds is 9. The van der Waals surface area contributed by atoms with Crippen molar-refractivity contribution in [3.63, 3.8) is 0 Å². The van der Waals surface area contributed by atoms with Crippen molar-refractivity contribution >= 4 is 6.03 Å². The first kappa shape index (κ1) is 20.0. The molecule has 0 saturated carbocycles. The summed E-state index contributed by atoms with van der Waals surface area (Å²) in [5, 5.41) is 2.86. The Labute approximate surface area is 165 Å². The van der Waals surface area contributed by atoms with Gasteiger partial charge < -0.3 is 30.2 Å². The summed E-state index contributed by atoms with van der Waals surface area (Å²) in [6.45, 7) is 1.89. The molecule has 7 heteroatoms. The van der Waals surface area contributed by atoms with Gasteiger partial charge in [0.1, 0.15) is 23.8 Å². The minimum absolute atomic E-state index is 0.156. The molecule has 1 fully saturated rings. The van der Waals surface area contributed by atoms with Gasteiger partial charge in [0.25, 0.3) is 0 Å². The van der Waals surface area contributed by atoms with Crippen LogP contribution in [0.25, 0.3) is 0 Å². The predicted molar refractivity (Wildman–Crippen MR) is 106 cm³/mol. The van der Waals surface area contributed by atoms with Crippen molar-refractivity contribution in [2.45, 2.75) is 12.1 Å². The monoisotopic (exact) mass is 385 g/mol. The van der Waals surface area contributed by atoms with Gasteiger partial charge in [0.2, 0.25) is 0 Å². The van der Waals surface area contributed by atoms with Gasteiger partial charge in [-0.2, -0.15) is 0 Å². The van der Waals surface area contributed by atoms with Gasteiger partial charge in [0.15, 0.2) is 0 Å². The molecule has 0 radical (unpaired) electrons. The second-order valence-corrected chi connectivity index (χ2v) is 6.70. The van der Waals surface area contributed by atoms with E-state index in [0.717, 1.165) is 22.6 Å². The third-order valence-electron chi connectivity index (χ3n) is 4.93. The fraction of sp³-hybridized carbons (Fsp3) is 0.381. The van der Waals surface area contributed by atoms with Crippen LogP contribution in [0.1, 0.15) is 11.1 Å². The first-order valence-electron chi connectivity index (χ1n) is 9.26. The van der Waals surface area contributed by atoms with Crippen molar-refractivity contribution in [2.75, 3.05) is 40.5 Å². The second-order valence-electron chi connectivity index (χ2n) is 6.70. The van der Waals surface area contributed by atoms with Crippen LogP contribution in [-0.2, 0) is 16.8 Å². The van der Waals surface area contributed by atoms with Gasteiger partial charge in [0.05, 0.1) is 20.3 Å². The number of benzene rings is 2. The van der Waals surface area contributed by atoms with Crippen molar-refractivity contribution in [3.8, 4) is 11.5 Å². The Bertz CT molecular complexity index is 779. The molecule has 2 amide bonds. The van der Waals surface area contributed by atoms with Gasteiger partial charge in [-0.05, 0) is 41.8 Å². The largest absolute Gasteiger partial charge is 0.497 e. The van der Waals surface area contributed by atoms with Gasteiger partial charge in [0, 0.05) is 13.7 Å². The Morgan fingerprint density at radius 1 is 1.04 bits per heavy atom. The van der Waals surface area contributed by atoms with Gasteiger partial charge in [-0.25, -0.2) is 4.79 Å². The lowest BCUT2D eigenvalue weighted by molar-refractivity contribution is 0.146. The quantitative estimate of drug-likeness (QED) is 0.646. The minimum Gasteiger partial charge on any atom is -0.497 e. The Morgan fingerprint density at radius 2 is 1.71 bits per heavy atom. The zero-order valence-electron chi connectivity index (χ0n) is 16.3. The average Bonchev–Trinajstić information content (AvgIpc) is 3.02. The first-order valence-corrected chi connectivity index (χ1v) is 9.26. The maximum absolute atomic E-state index is 12.4. The molecule has 1 aliphatic heterocycles. The zero-order chi connectivity index (χ0) is 20.0. The van der Waals surface area contributed by atoms with Crippen molar-refractivity contribution in [3.05, 3.63) is 59.7 Å². The minimum atomic E-state index is -0.894. The third-order valence-corrected chi connectivity index (χ3v) is 4.93. The van der Waals surface area contributed by atoms with E-state index in [9.17, 15) is 4.79 Å². The summed E-state index contributed by atoms with van der Waals surface area (Å²) in [6.07, 6.45) is 0.703. The number of nitrogens with two attached hydrogens (primary N) is 1. The van der Waals surface area contributed by atoms with Crippen molar-refractivity contribution in [2.24, 2.45) is 5.73 Å². The maximum atomic E-state index is 12.4. The molecule has 1 aliphatic rings. The molecule has 1 atom stereocenters. The molecule has 3 N–H and O–H groups in total. The van der Waals surface area contributed by atoms with Gasteiger partial charge in [-0.1, -0.05) is 24.3 Å². The fourth-order valence-electron chi connectivity index (χ4n) is 3.26. The highest BCUT2D eigenvalue weighted by Crippen LogP contribution is 2.29. The van der Waals surface area contributed by atoms with Crippen molar-refractivity contribution in [1.82, 2.24) is 10.2 Å². The number of carbonyl (C=O) groups is 1. The molecular formula is C21H27N3O4. The molecular weight excluding hydrogens is 358 g/mol. The van der Waals surface area contributed by atoms with E-state index in [2.05, 4.69) is 5.32 Å². The van der Waals surface area contributed by atoms with Crippen LogP contribution in [0.15, 0.2) is 48.5 Å². The number of ether oxygens (including phenoxy) is 3. The molecule has 1 heterocycles. The normalized spacial score (nSPS) is 18.8. The molecule has 150 valence electrons. The Hall–Kier alpha value is -2.77. The zero-order valence-corrected chi connectivity index (χ0v) is 16.3. The highest BCUT2D eigenvalue weighted by molar-refractivity contribution is 5.78. The van der Waals surface area contributed by atoms with E-state index >= 15 is 0 Å². The second kappa shape index (κ2) is 8.95. The highest BCUT2D eigenvalue weighted by Gasteiger charge is 2.43. The number of nitrogens with zero attached hydrogens (tertiary/aromatic N) is 1.